The van der Waals surface area contributed by atoms with E-state index in [0.29, 0.717) is 26.4 Å². The first kappa shape index (κ1) is 45.3. The van der Waals surface area contributed by atoms with Crippen LogP contribution in [0.25, 0.3) is 0 Å². The highest BCUT2D eigenvalue weighted by atomic mass is 16.7. The smallest absolute Gasteiger partial charge is 0.233 e. The Morgan fingerprint density at radius 2 is 0.761 bits per heavy atom. The van der Waals surface area contributed by atoms with Gasteiger partial charge in [0.1, 0.15) is 6.26 Å². The van der Waals surface area contributed by atoms with Gasteiger partial charge < -0.3 is 18.9 Å². The summed E-state index contributed by atoms with van der Waals surface area (Å²) in [5.41, 5.74) is 0. The van der Waals surface area contributed by atoms with Gasteiger partial charge in [0.15, 0.2) is 5.76 Å². The summed E-state index contributed by atoms with van der Waals surface area (Å²) in [6, 6.07) is 0. The zero-order chi connectivity index (χ0) is 33.8. The molecule has 0 aromatic rings. The standard InChI is InChI=1S/C42H84O4/c1-7-13-19-21-23-25-26-28-30-32-34-40(33-31-29-27-24-22-20-14-8-2)42(45-37-17-11-5,46-38-18-12-6)41(44-36-16-10-4)39-43-35-15-9-3/h39-40H,7-38H2,1-6H3/b41-39-. The van der Waals surface area contributed by atoms with Gasteiger partial charge in [0, 0.05) is 5.92 Å². The molecule has 4 heteroatoms. The second kappa shape index (κ2) is 35.6. The quantitative estimate of drug-likeness (QED) is 0.0378. The molecule has 0 spiro atoms. The first-order chi connectivity index (χ1) is 22.7. The van der Waals surface area contributed by atoms with Crippen LogP contribution in [-0.2, 0) is 18.9 Å². The van der Waals surface area contributed by atoms with Crippen molar-refractivity contribution in [2.24, 2.45) is 5.92 Å². The predicted octanol–water partition coefficient (Wildman–Crippen LogP) is 14.2. The molecular formula is C42H84O4. The van der Waals surface area contributed by atoms with Crippen molar-refractivity contribution in [3.63, 3.8) is 0 Å². The lowest BCUT2D eigenvalue weighted by atomic mass is 9.85. The van der Waals surface area contributed by atoms with Crippen LogP contribution in [0.5, 0.6) is 0 Å². The van der Waals surface area contributed by atoms with Gasteiger partial charge in [0.25, 0.3) is 0 Å². The Labute approximate surface area is 289 Å². The summed E-state index contributed by atoms with van der Waals surface area (Å²) in [7, 11) is 0. The lowest BCUT2D eigenvalue weighted by Gasteiger charge is -2.41. The molecule has 0 aromatic heterocycles. The van der Waals surface area contributed by atoms with Crippen molar-refractivity contribution >= 4 is 0 Å². The lowest BCUT2D eigenvalue weighted by Crippen LogP contribution is -2.47. The second-order valence-corrected chi connectivity index (χ2v) is 13.9. The van der Waals surface area contributed by atoms with Crippen LogP contribution in [0.2, 0.25) is 0 Å². The maximum Gasteiger partial charge on any atom is 0.233 e. The first-order valence-electron chi connectivity index (χ1n) is 20.9. The summed E-state index contributed by atoms with van der Waals surface area (Å²) in [4.78, 5) is 0. The Bertz CT molecular complexity index is 609. The molecule has 0 aromatic carbocycles. The van der Waals surface area contributed by atoms with Crippen molar-refractivity contribution in [3.8, 4) is 0 Å². The van der Waals surface area contributed by atoms with Gasteiger partial charge >= 0.3 is 0 Å². The summed E-state index contributed by atoms with van der Waals surface area (Å²) in [5, 5.41) is 0. The molecule has 46 heavy (non-hydrogen) atoms. The minimum absolute atomic E-state index is 0.262. The maximum atomic E-state index is 7.00. The minimum Gasteiger partial charge on any atom is -0.497 e. The first-order valence-corrected chi connectivity index (χ1v) is 20.9. The molecule has 0 aliphatic carbocycles. The minimum atomic E-state index is -0.870. The summed E-state index contributed by atoms with van der Waals surface area (Å²) >= 11 is 0. The summed E-state index contributed by atoms with van der Waals surface area (Å²) in [5.74, 6) is 0.184. The van der Waals surface area contributed by atoms with E-state index in [0.717, 1.165) is 70.0 Å². The normalized spacial score (nSPS) is 13.0. The number of ether oxygens (including phenoxy) is 4. The highest BCUT2D eigenvalue weighted by Gasteiger charge is 2.46. The van der Waals surface area contributed by atoms with E-state index in [2.05, 4.69) is 41.5 Å². The molecule has 0 rings (SSSR count). The topological polar surface area (TPSA) is 36.9 Å². The lowest BCUT2D eigenvalue weighted by molar-refractivity contribution is -0.266. The fourth-order valence-electron chi connectivity index (χ4n) is 6.19. The third-order valence-corrected chi connectivity index (χ3v) is 9.38. The maximum absolute atomic E-state index is 7.00. The molecular weight excluding hydrogens is 568 g/mol. The largest absolute Gasteiger partial charge is 0.497 e. The SMILES string of the molecule is CCCCCCCCCCCCC(CCCCCCCCCC)C(OCCCC)(OCCCC)/C(=C/OCCCC)OCCCC. The number of unbranched alkanes of at least 4 members (excludes halogenated alkanes) is 20. The van der Waals surface area contributed by atoms with Crippen molar-refractivity contribution in [3.05, 3.63) is 12.0 Å². The summed E-state index contributed by atoms with van der Waals surface area (Å²) < 4.78 is 26.8. The van der Waals surface area contributed by atoms with Gasteiger partial charge in [-0.05, 0) is 38.5 Å². The molecule has 0 saturated heterocycles. The van der Waals surface area contributed by atoms with Crippen LogP contribution in [0.4, 0.5) is 0 Å². The van der Waals surface area contributed by atoms with E-state index in [1.807, 2.05) is 6.26 Å². The number of hydrogen-bond acceptors (Lipinski definition) is 4. The van der Waals surface area contributed by atoms with E-state index in [9.17, 15) is 0 Å². The molecule has 0 saturated carbocycles. The Kier molecular flexibility index (Phi) is 35.0. The van der Waals surface area contributed by atoms with Crippen molar-refractivity contribution in [1.82, 2.24) is 0 Å². The van der Waals surface area contributed by atoms with E-state index >= 15 is 0 Å². The molecule has 1 atom stereocenters. The summed E-state index contributed by atoms with van der Waals surface area (Å²) in [6.45, 7) is 16.3. The van der Waals surface area contributed by atoms with Crippen molar-refractivity contribution in [1.29, 1.82) is 0 Å². The van der Waals surface area contributed by atoms with Crippen LogP contribution < -0.4 is 0 Å². The Hall–Kier alpha value is -0.740. The Morgan fingerprint density at radius 1 is 0.413 bits per heavy atom. The highest BCUT2D eigenvalue weighted by Crippen LogP contribution is 2.40. The van der Waals surface area contributed by atoms with Gasteiger partial charge in [-0.2, -0.15) is 0 Å². The molecule has 276 valence electrons. The third-order valence-electron chi connectivity index (χ3n) is 9.38. The van der Waals surface area contributed by atoms with Crippen LogP contribution in [0, 0.1) is 5.92 Å². The van der Waals surface area contributed by atoms with Gasteiger partial charge in [-0.15, -0.1) is 0 Å². The molecule has 0 radical (unpaired) electrons. The third kappa shape index (κ3) is 24.4. The average molecular weight is 653 g/mol. The van der Waals surface area contributed by atoms with E-state index in [-0.39, 0.29) is 5.92 Å². The van der Waals surface area contributed by atoms with Gasteiger partial charge in [-0.1, -0.05) is 183 Å². The fraction of sp³-hybridized carbons (Fsp3) is 0.952. The molecule has 0 bridgehead atoms. The molecule has 0 fully saturated rings. The van der Waals surface area contributed by atoms with Gasteiger partial charge in [-0.25, -0.2) is 0 Å². The molecule has 0 aliphatic rings. The van der Waals surface area contributed by atoms with Crippen LogP contribution in [-0.4, -0.2) is 32.2 Å². The van der Waals surface area contributed by atoms with Crippen molar-refractivity contribution < 1.29 is 18.9 Å². The van der Waals surface area contributed by atoms with Crippen LogP contribution in [0.1, 0.15) is 221 Å². The zero-order valence-electron chi connectivity index (χ0n) is 32.4. The van der Waals surface area contributed by atoms with Crippen molar-refractivity contribution in [2.45, 2.75) is 227 Å². The Morgan fingerprint density at radius 3 is 1.17 bits per heavy atom. The van der Waals surface area contributed by atoms with Crippen LogP contribution >= 0.6 is 0 Å². The highest BCUT2D eigenvalue weighted by molar-refractivity contribution is 5.08. The zero-order valence-corrected chi connectivity index (χ0v) is 32.4. The van der Waals surface area contributed by atoms with E-state index in [1.165, 1.54) is 116 Å². The molecule has 0 N–H and O–H groups in total. The molecule has 0 heterocycles. The number of rotatable bonds is 38. The predicted molar refractivity (Wildman–Crippen MR) is 201 cm³/mol. The molecule has 0 amide bonds. The van der Waals surface area contributed by atoms with Gasteiger partial charge in [0.2, 0.25) is 5.79 Å². The molecule has 4 nitrogen and oxygen atoms in total. The fourth-order valence-corrected chi connectivity index (χ4v) is 6.19. The van der Waals surface area contributed by atoms with Crippen molar-refractivity contribution in [2.75, 3.05) is 26.4 Å². The van der Waals surface area contributed by atoms with Gasteiger partial charge in [-0.3, -0.25) is 0 Å². The molecule has 0 aliphatic heterocycles. The van der Waals surface area contributed by atoms with E-state index in [1.54, 1.807) is 0 Å². The average Bonchev–Trinajstić information content (AvgIpc) is 3.06. The summed E-state index contributed by atoms with van der Waals surface area (Å²) in [6.07, 6.45) is 36.9. The van der Waals surface area contributed by atoms with Crippen LogP contribution in [0.15, 0.2) is 12.0 Å². The monoisotopic (exact) mass is 653 g/mol. The second-order valence-electron chi connectivity index (χ2n) is 13.9. The molecule has 1 unspecified atom stereocenters. The van der Waals surface area contributed by atoms with Gasteiger partial charge in [0.05, 0.1) is 26.4 Å². The van der Waals surface area contributed by atoms with E-state index < -0.39 is 5.79 Å². The van der Waals surface area contributed by atoms with Crippen LogP contribution in [0.3, 0.4) is 0 Å². The Balaban J connectivity index is 5.96. The van der Waals surface area contributed by atoms with E-state index in [4.69, 9.17) is 18.9 Å². The number of hydrogen-bond donors (Lipinski definition) is 0.